The van der Waals surface area contributed by atoms with E-state index in [1.54, 1.807) is 30.9 Å². The second-order valence-corrected chi connectivity index (χ2v) is 5.60. The number of rotatable bonds is 2. The van der Waals surface area contributed by atoms with E-state index in [2.05, 4.69) is 21.4 Å². The second kappa shape index (κ2) is 5.63. The van der Waals surface area contributed by atoms with E-state index >= 15 is 0 Å². The summed E-state index contributed by atoms with van der Waals surface area (Å²) in [7, 11) is 0. The highest BCUT2D eigenvalue weighted by Crippen LogP contribution is 2.37. The van der Waals surface area contributed by atoms with Crippen LogP contribution >= 0.6 is 0 Å². The van der Waals surface area contributed by atoms with Crippen LogP contribution in [0.25, 0.3) is 5.69 Å². The van der Waals surface area contributed by atoms with Gasteiger partial charge < -0.3 is 5.32 Å². The number of nitrogens with zero attached hydrogens (tertiary/aromatic N) is 4. The van der Waals surface area contributed by atoms with Crippen molar-refractivity contribution in [2.75, 3.05) is 5.32 Å². The van der Waals surface area contributed by atoms with Crippen LogP contribution in [0.4, 0.5) is 5.82 Å². The number of carbonyl (C=O) groups excluding carboxylic acids is 1. The Morgan fingerprint density at radius 3 is 2.79 bits per heavy atom. The third kappa shape index (κ3) is 2.32. The first kappa shape index (κ1) is 14.2. The van der Waals surface area contributed by atoms with Crippen LogP contribution in [0.1, 0.15) is 29.2 Å². The van der Waals surface area contributed by atoms with Crippen molar-refractivity contribution >= 4 is 11.7 Å². The van der Waals surface area contributed by atoms with Crippen LogP contribution in [0, 0.1) is 11.3 Å². The number of aromatic nitrogens is 3. The fraction of sp³-hybridized carbons (Fsp3) is 0.111. The number of amides is 1. The lowest BCUT2D eigenvalue weighted by molar-refractivity contribution is -0.116. The third-order valence-electron chi connectivity index (χ3n) is 4.14. The third-order valence-corrected chi connectivity index (χ3v) is 4.14. The number of fused-ring (bicyclic) bond motifs is 1. The van der Waals surface area contributed by atoms with Crippen molar-refractivity contribution in [2.45, 2.75) is 12.3 Å². The molecule has 1 N–H and O–H groups in total. The van der Waals surface area contributed by atoms with Crippen molar-refractivity contribution in [2.24, 2.45) is 0 Å². The monoisotopic (exact) mass is 315 g/mol. The zero-order chi connectivity index (χ0) is 16.5. The average molecular weight is 315 g/mol. The average Bonchev–Trinajstić information content (AvgIpc) is 3.05. The number of hydrogen-bond donors (Lipinski definition) is 1. The molecule has 3 aromatic rings. The largest absolute Gasteiger partial charge is 0.310 e. The van der Waals surface area contributed by atoms with Crippen molar-refractivity contribution in [3.8, 4) is 11.8 Å². The zero-order valence-corrected chi connectivity index (χ0v) is 12.7. The summed E-state index contributed by atoms with van der Waals surface area (Å²) in [4.78, 5) is 20.8. The molecule has 116 valence electrons. The SMILES string of the molecule is N#Cc1ccc([C@@H]2CC(=O)Nc3c2ncn3-c2cccnc2)cc1. The lowest BCUT2D eigenvalue weighted by atomic mass is 9.89. The van der Waals surface area contributed by atoms with Crippen LogP contribution in [-0.4, -0.2) is 20.4 Å². The van der Waals surface area contributed by atoms with E-state index in [1.807, 2.05) is 28.8 Å². The highest BCUT2D eigenvalue weighted by atomic mass is 16.1. The molecule has 0 saturated carbocycles. The Morgan fingerprint density at radius 1 is 1.25 bits per heavy atom. The van der Waals surface area contributed by atoms with Gasteiger partial charge in [0.25, 0.3) is 0 Å². The quantitative estimate of drug-likeness (QED) is 0.788. The lowest BCUT2D eigenvalue weighted by Crippen LogP contribution is -2.24. The van der Waals surface area contributed by atoms with Crippen molar-refractivity contribution < 1.29 is 4.79 Å². The smallest absolute Gasteiger partial charge is 0.226 e. The predicted octanol–water partition coefficient (Wildman–Crippen LogP) is 2.61. The molecular weight excluding hydrogens is 302 g/mol. The number of carbonyl (C=O) groups is 1. The minimum absolute atomic E-state index is 0.0532. The molecule has 0 fully saturated rings. The molecular formula is C18H13N5O. The highest BCUT2D eigenvalue weighted by molar-refractivity contribution is 5.94. The van der Waals surface area contributed by atoms with E-state index < -0.39 is 0 Å². The Hall–Kier alpha value is -3.46. The van der Waals surface area contributed by atoms with Crippen molar-refractivity contribution in [1.82, 2.24) is 14.5 Å². The zero-order valence-electron chi connectivity index (χ0n) is 12.7. The van der Waals surface area contributed by atoms with Gasteiger partial charge in [0.05, 0.1) is 29.2 Å². The van der Waals surface area contributed by atoms with Crippen LogP contribution in [0.15, 0.2) is 55.1 Å². The minimum atomic E-state index is -0.126. The molecule has 1 atom stereocenters. The van der Waals surface area contributed by atoms with E-state index in [0.29, 0.717) is 17.8 Å². The first-order chi connectivity index (χ1) is 11.8. The van der Waals surface area contributed by atoms with Crippen molar-refractivity contribution in [3.63, 3.8) is 0 Å². The molecule has 1 aliphatic rings. The number of hydrogen-bond acceptors (Lipinski definition) is 4. The standard InChI is InChI=1S/C18H13N5O/c19-9-12-3-5-13(6-4-12)15-8-16(24)22-18-17(15)21-11-23(18)14-2-1-7-20-10-14/h1-7,10-11,15H,8H2,(H,22,24)/t15-/m0/s1. The molecule has 0 aliphatic carbocycles. The fourth-order valence-corrected chi connectivity index (χ4v) is 2.96. The number of benzene rings is 1. The van der Waals surface area contributed by atoms with Crippen molar-refractivity contribution in [1.29, 1.82) is 5.26 Å². The summed E-state index contributed by atoms with van der Waals surface area (Å²) in [5, 5.41) is 11.8. The molecule has 0 saturated heterocycles. The van der Waals surface area contributed by atoms with Gasteiger partial charge in [-0.3, -0.25) is 14.3 Å². The molecule has 1 aliphatic heterocycles. The number of nitrogens with one attached hydrogen (secondary N) is 1. The van der Waals surface area contributed by atoms with Gasteiger partial charge in [0, 0.05) is 18.5 Å². The number of nitriles is 1. The molecule has 3 heterocycles. The molecule has 0 spiro atoms. The molecule has 1 aromatic carbocycles. The van der Waals surface area contributed by atoms with Gasteiger partial charge in [0.2, 0.25) is 5.91 Å². The molecule has 1 amide bonds. The van der Waals surface area contributed by atoms with Gasteiger partial charge in [-0.2, -0.15) is 5.26 Å². The van der Waals surface area contributed by atoms with E-state index in [1.165, 1.54) is 0 Å². The van der Waals surface area contributed by atoms with E-state index in [-0.39, 0.29) is 11.8 Å². The maximum absolute atomic E-state index is 12.2. The van der Waals surface area contributed by atoms with Gasteiger partial charge in [0.1, 0.15) is 12.1 Å². The summed E-state index contributed by atoms with van der Waals surface area (Å²) in [6, 6.07) is 13.1. The van der Waals surface area contributed by atoms with Crippen LogP contribution < -0.4 is 5.32 Å². The fourth-order valence-electron chi connectivity index (χ4n) is 2.96. The Labute approximate surface area is 138 Å². The van der Waals surface area contributed by atoms with Crippen LogP contribution in [-0.2, 0) is 4.79 Å². The van der Waals surface area contributed by atoms with E-state index in [9.17, 15) is 4.79 Å². The first-order valence-corrected chi connectivity index (χ1v) is 7.54. The number of imidazole rings is 1. The number of pyridine rings is 1. The predicted molar refractivity (Wildman–Crippen MR) is 87.6 cm³/mol. The Morgan fingerprint density at radius 2 is 2.08 bits per heavy atom. The lowest BCUT2D eigenvalue weighted by Gasteiger charge is -2.23. The molecule has 0 unspecified atom stereocenters. The summed E-state index contributed by atoms with van der Waals surface area (Å²) in [6.45, 7) is 0. The van der Waals surface area contributed by atoms with Crippen LogP contribution in [0.2, 0.25) is 0 Å². The van der Waals surface area contributed by atoms with Gasteiger partial charge in [0.15, 0.2) is 0 Å². The second-order valence-electron chi connectivity index (χ2n) is 5.60. The molecule has 0 bridgehead atoms. The maximum atomic E-state index is 12.2. The molecule has 2 aromatic heterocycles. The molecule has 24 heavy (non-hydrogen) atoms. The summed E-state index contributed by atoms with van der Waals surface area (Å²) in [6.07, 6.45) is 5.46. The maximum Gasteiger partial charge on any atom is 0.226 e. The Bertz CT molecular complexity index is 938. The Kier molecular flexibility index (Phi) is 3.32. The Balaban J connectivity index is 1.79. The normalized spacial score (nSPS) is 16.1. The van der Waals surface area contributed by atoms with Gasteiger partial charge in [-0.05, 0) is 29.8 Å². The number of anilines is 1. The van der Waals surface area contributed by atoms with Gasteiger partial charge >= 0.3 is 0 Å². The topological polar surface area (TPSA) is 83.6 Å². The summed E-state index contributed by atoms with van der Waals surface area (Å²) >= 11 is 0. The van der Waals surface area contributed by atoms with Crippen LogP contribution in [0.5, 0.6) is 0 Å². The molecule has 0 radical (unpaired) electrons. The first-order valence-electron chi connectivity index (χ1n) is 7.54. The summed E-state index contributed by atoms with van der Waals surface area (Å²) < 4.78 is 1.83. The summed E-state index contributed by atoms with van der Waals surface area (Å²) in [5.74, 6) is 0.496. The summed E-state index contributed by atoms with van der Waals surface area (Å²) in [5.41, 5.74) is 3.23. The molecule has 6 heteroatoms. The molecule has 4 rings (SSSR count). The van der Waals surface area contributed by atoms with Gasteiger partial charge in [-0.15, -0.1) is 0 Å². The van der Waals surface area contributed by atoms with E-state index in [4.69, 9.17) is 5.26 Å². The molecule has 6 nitrogen and oxygen atoms in total. The van der Waals surface area contributed by atoms with Gasteiger partial charge in [-0.1, -0.05) is 12.1 Å². The van der Waals surface area contributed by atoms with E-state index in [0.717, 1.165) is 16.9 Å². The van der Waals surface area contributed by atoms with Gasteiger partial charge in [-0.25, -0.2) is 4.98 Å². The highest BCUT2D eigenvalue weighted by Gasteiger charge is 2.30. The van der Waals surface area contributed by atoms with Crippen LogP contribution in [0.3, 0.4) is 0 Å². The van der Waals surface area contributed by atoms with Crippen molar-refractivity contribution in [3.05, 3.63) is 71.9 Å². The minimum Gasteiger partial charge on any atom is -0.310 e.